The maximum absolute atomic E-state index is 12.7. The summed E-state index contributed by atoms with van der Waals surface area (Å²) in [5, 5.41) is 1.03. The topological polar surface area (TPSA) is 50.5 Å². The van der Waals surface area contributed by atoms with Crippen LogP contribution in [0.25, 0.3) is 17.4 Å². The molecule has 8 heteroatoms. The minimum atomic E-state index is -0.383. The summed E-state index contributed by atoms with van der Waals surface area (Å²) in [5.74, 6) is 0.709. The second-order valence-corrected chi connectivity index (χ2v) is 8.47. The lowest BCUT2D eigenvalue weighted by atomic mass is 10.2. The van der Waals surface area contributed by atoms with Crippen molar-refractivity contribution in [3.8, 4) is 11.3 Å². The molecular formula is C21H12Cl3NO3S. The van der Waals surface area contributed by atoms with E-state index in [1.165, 1.54) is 0 Å². The number of hydrogen-bond donors (Lipinski definition) is 0. The summed E-state index contributed by atoms with van der Waals surface area (Å²) in [6.07, 6.45) is 1.56. The van der Waals surface area contributed by atoms with Gasteiger partial charge in [0.15, 0.2) is 0 Å². The molecule has 4 rings (SSSR count). The van der Waals surface area contributed by atoms with Crippen LogP contribution in [0.15, 0.2) is 63.9 Å². The number of rotatable bonds is 4. The van der Waals surface area contributed by atoms with Crippen LogP contribution in [0.1, 0.15) is 11.3 Å². The number of nitrogens with zero attached hydrogens (tertiary/aromatic N) is 1. The molecule has 29 heavy (non-hydrogen) atoms. The van der Waals surface area contributed by atoms with Gasteiger partial charge in [0.05, 0.1) is 21.5 Å². The van der Waals surface area contributed by atoms with E-state index < -0.39 is 0 Å². The Morgan fingerprint density at radius 3 is 2.55 bits per heavy atom. The monoisotopic (exact) mass is 463 g/mol. The molecule has 146 valence electrons. The maximum atomic E-state index is 12.7. The number of hydrogen-bond acceptors (Lipinski definition) is 4. The van der Waals surface area contributed by atoms with Crippen molar-refractivity contribution in [3.63, 3.8) is 0 Å². The van der Waals surface area contributed by atoms with E-state index in [1.807, 2.05) is 12.1 Å². The SMILES string of the molecule is O=C1S/C(=C\c2ccc(-c3cccc(Cl)c3)o2)C(=O)N1Cc1ccc(Cl)c(Cl)c1. The van der Waals surface area contributed by atoms with Crippen molar-refractivity contribution in [2.45, 2.75) is 6.54 Å². The second kappa shape index (κ2) is 8.28. The largest absolute Gasteiger partial charge is 0.457 e. The summed E-state index contributed by atoms with van der Waals surface area (Å²) >= 11 is 18.8. The average molecular weight is 465 g/mol. The summed E-state index contributed by atoms with van der Waals surface area (Å²) in [4.78, 5) is 26.5. The van der Waals surface area contributed by atoms with Gasteiger partial charge in [-0.3, -0.25) is 14.5 Å². The standard InChI is InChI=1S/C21H12Cl3NO3S/c22-14-3-1-2-13(9-14)18-7-5-15(28-18)10-19-20(26)25(21(27)29-19)11-12-4-6-16(23)17(24)8-12/h1-10H,11H2/b19-10-. The number of carbonyl (C=O) groups is 2. The first-order valence-electron chi connectivity index (χ1n) is 8.46. The molecule has 0 spiro atoms. The van der Waals surface area contributed by atoms with Crippen LogP contribution in [0, 0.1) is 0 Å². The van der Waals surface area contributed by atoms with Crippen LogP contribution in [-0.2, 0) is 11.3 Å². The third-order valence-corrected chi connectivity index (χ3v) is 6.09. The number of amides is 2. The summed E-state index contributed by atoms with van der Waals surface area (Å²) in [6.45, 7) is 0.116. The van der Waals surface area contributed by atoms with Gasteiger partial charge in [-0.25, -0.2) is 0 Å². The smallest absolute Gasteiger partial charge is 0.293 e. The van der Waals surface area contributed by atoms with E-state index in [0.29, 0.717) is 37.1 Å². The first-order chi connectivity index (χ1) is 13.9. The molecule has 0 atom stereocenters. The molecule has 1 aliphatic heterocycles. The van der Waals surface area contributed by atoms with Gasteiger partial charge in [-0.1, -0.05) is 53.0 Å². The minimum absolute atomic E-state index is 0.116. The number of benzene rings is 2. The fourth-order valence-electron chi connectivity index (χ4n) is 2.81. The summed E-state index contributed by atoms with van der Waals surface area (Å²) in [7, 11) is 0. The van der Waals surface area contributed by atoms with E-state index in [-0.39, 0.29) is 17.7 Å². The van der Waals surface area contributed by atoms with Gasteiger partial charge in [0.25, 0.3) is 11.1 Å². The van der Waals surface area contributed by atoms with Crippen molar-refractivity contribution in [2.24, 2.45) is 0 Å². The molecule has 4 nitrogen and oxygen atoms in total. The first kappa shape index (κ1) is 20.1. The normalized spacial score (nSPS) is 15.6. The lowest BCUT2D eigenvalue weighted by Gasteiger charge is -2.12. The number of carbonyl (C=O) groups excluding carboxylic acids is 2. The van der Waals surface area contributed by atoms with Crippen molar-refractivity contribution >= 4 is 63.8 Å². The van der Waals surface area contributed by atoms with E-state index >= 15 is 0 Å². The molecule has 2 heterocycles. The Morgan fingerprint density at radius 1 is 0.966 bits per heavy atom. The maximum Gasteiger partial charge on any atom is 0.293 e. The fraction of sp³-hybridized carbons (Fsp3) is 0.0476. The van der Waals surface area contributed by atoms with Crippen molar-refractivity contribution in [3.05, 3.63) is 85.9 Å². The Hall–Kier alpha value is -2.18. The highest BCUT2D eigenvalue weighted by atomic mass is 35.5. The molecule has 1 fully saturated rings. The third-order valence-electron chi connectivity index (χ3n) is 4.21. The van der Waals surface area contributed by atoms with E-state index in [2.05, 4.69) is 0 Å². The van der Waals surface area contributed by atoms with Crippen molar-refractivity contribution in [2.75, 3.05) is 0 Å². The van der Waals surface area contributed by atoms with Gasteiger partial charge in [-0.15, -0.1) is 0 Å². The van der Waals surface area contributed by atoms with Crippen LogP contribution in [-0.4, -0.2) is 16.0 Å². The van der Waals surface area contributed by atoms with Gasteiger partial charge < -0.3 is 4.42 Å². The highest BCUT2D eigenvalue weighted by molar-refractivity contribution is 8.18. The number of imide groups is 1. The van der Waals surface area contributed by atoms with Crippen molar-refractivity contribution in [1.82, 2.24) is 4.90 Å². The molecule has 0 unspecified atom stereocenters. The Balaban J connectivity index is 1.54. The van der Waals surface area contributed by atoms with Crippen LogP contribution in [0.2, 0.25) is 15.1 Å². The average Bonchev–Trinajstić information content (AvgIpc) is 3.25. The summed E-state index contributed by atoms with van der Waals surface area (Å²) in [5.41, 5.74) is 1.54. The van der Waals surface area contributed by atoms with Crippen molar-refractivity contribution in [1.29, 1.82) is 0 Å². The molecular weight excluding hydrogens is 453 g/mol. The lowest BCUT2D eigenvalue weighted by Crippen LogP contribution is -2.27. The van der Waals surface area contributed by atoms with E-state index in [4.69, 9.17) is 39.2 Å². The minimum Gasteiger partial charge on any atom is -0.457 e. The Labute approximate surface area is 186 Å². The van der Waals surface area contributed by atoms with Gasteiger partial charge in [0.2, 0.25) is 0 Å². The van der Waals surface area contributed by atoms with Gasteiger partial charge in [0, 0.05) is 16.7 Å². The van der Waals surface area contributed by atoms with Gasteiger partial charge in [0.1, 0.15) is 11.5 Å². The van der Waals surface area contributed by atoms with E-state index in [9.17, 15) is 9.59 Å². The molecule has 0 bridgehead atoms. The Morgan fingerprint density at radius 2 is 1.79 bits per heavy atom. The van der Waals surface area contributed by atoms with Crippen LogP contribution < -0.4 is 0 Å². The molecule has 1 saturated heterocycles. The fourth-order valence-corrected chi connectivity index (χ4v) is 4.14. The number of thioether (sulfide) groups is 1. The predicted molar refractivity (Wildman–Crippen MR) is 117 cm³/mol. The predicted octanol–water partition coefficient (Wildman–Crippen LogP) is 7.14. The molecule has 0 radical (unpaired) electrons. The molecule has 0 aliphatic carbocycles. The third kappa shape index (κ3) is 4.38. The molecule has 0 saturated carbocycles. The molecule has 1 aromatic heterocycles. The van der Waals surface area contributed by atoms with Crippen LogP contribution in [0.3, 0.4) is 0 Å². The van der Waals surface area contributed by atoms with Crippen LogP contribution in [0.5, 0.6) is 0 Å². The van der Waals surface area contributed by atoms with Crippen LogP contribution in [0.4, 0.5) is 4.79 Å². The lowest BCUT2D eigenvalue weighted by molar-refractivity contribution is -0.123. The van der Waals surface area contributed by atoms with E-state index in [0.717, 1.165) is 22.2 Å². The quantitative estimate of drug-likeness (QED) is 0.385. The zero-order valence-corrected chi connectivity index (χ0v) is 17.8. The van der Waals surface area contributed by atoms with Crippen molar-refractivity contribution < 1.29 is 14.0 Å². The Kier molecular flexibility index (Phi) is 5.74. The molecule has 1 aliphatic rings. The highest BCUT2D eigenvalue weighted by Crippen LogP contribution is 2.35. The Bertz CT molecular complexity index is 1160. The van der Waals surface area contributed by atoms with Gasteiger partial charge >= 0.3 is 0 Å². The van der Waals surface area contributed by atoms with E-state index in [1.54, 1.807) is 48.5 Å². The van der Waals surface area contributed by atoms with Crippen LogP contribution >= 0.6 is 46.6 Å². The number of furan rings is 1. The second-order valence-electron chi connectivity index (χ2n) is 6.23. The molecule has 3 aromatic rings. The molecule has 2 aromatic carbocycles. The molecule has 2 amide bonds. The first-order valence-corrected chi connectivity index (χ1v) is 10.4. The van der Waals surface area contributed by atoms with Gasteiger partial charge in [-0.05, 0) is 53.7 Å². The molecule has 0 N–H and O–H groups in total. The summed E-state index contributed by atoms with van der Waals surface area (Å²) in [6, 6.07) is 15.8. The highest BCUT2D eigenvalue weighted by Gasteiger charge is 2.35. The zero-order valence-electron chi connectivity index (χ0n) is 14.7. The number of halogens is 3. The van der Waals surface area contributed by atoms with Gasteiger partial charge in [-0.2, -0.15) is 0 Å². The summed E-state index contributed by atoms with van der Waals surface area (Å²) < 4.78 is 5.79. The zero-order chi connectivity index (χ0) is 20.5.